The Morgan fingerprint density at radius 1 is 1.22 bits per heavy atom. The van der Waals surface area contributed by atoms with E-state index in [0.717, 1.165) is 37.8 Å². The lowest BCUT2D eigenvalue weighted by atomic mass is 9.98. The van der Waals surface area contributed by atoms with E-state index in [9.17, 15) is 4.79 Å². The Labute approximate surface area is 111 Å². The summed E-state index contributed by atoms with van der Waals surface area (Å²) in [6, 6.07) is 8.05. The van der Waals surface area contributed by atoms with Crippen LogP contribution in [-0.4, -0.2) is 5.91 Å². The fourth-order valence-electron chi connectivity index (χ4n) is 2.16. The molecular weight excluding hydrogens is 222 g/mol. The summed E-state index contributed by atoms with van der Waals surface area (Å²) in [5.41, 5.74) is 2.18. The molecule has 2 nitrogen and oxygen atoms in total. The normalized spacial score (nSPS) is 12.2. The van der Waals surface area contributed by atoms with E-state index in [1.165, 1.54) is 5.56 Å². The van der Waals surface area contributed by atoms with Gasteiger partial charge in [0.25, 0.3) is 0 Å². The first-order valence-electron chi connectivity index (χ1n) is 7.11. The molecule has 0 saturated heterocycles. The van der Waals surface area contributed by atoms with Crippen molar-refractivity contribution in [1.29, 1.82) is 0 Å². The highest BCUT2D eigenvalue weighted by molar-refractivity contribution is 5.93. The minimum atomic E-state index is 0.148. The molecule has 0 aliphatic rings. The van der Waals surface area contributed by atoms with Gasteiger partial charge in [0.15, 0.2) is 0 Å². The Kier molecular flexibility index (Phi) is 6.48. The van der Waals surface area contributed by atoms with Crippen molar-refractivity contribution in [3.05, 3.63) is 29.8 Å². The molecule has 18 heavy (non-hydrogen) atoms. The number of unbranched alkanes of at least 4 members (excludes halogenated alkanes) is 1. The van der Waals surface area contributed by atoms with Crippen LogP contribution in [0.3, 0.4) is 0 Å². The van der Waals surface area contributed by atoms with E-state index in [4.69, 9.17) is 0 Å². The van der Waals surface area contributed by atoms with Gasteiger partial charge in [-0.25, -0.2) is 0 Å². The van der Waals surface area contributed by atoms with Crippen molar-refractivity contribution < 1.29 is 4.79 Å². The van der Waals surface area contributed by atoms with Crippen LogP contribution in [0, 0.1) is 5.92 Å². The molecule has 0 bridgehead atoms. The fraction of sp³-hybridized carbons (Fsp3) is 0.562. The summed E-state index contributed by atoms with van der Waals surface area (Å²) in [5.74, 6) is 0.321. The van der Waals surface area contributed by atoms with E-state index in [1.54, 1.807) is 0 Å². The molecule has 1 amide bonds. The zero-order valence-corrected chi connectivity index (χ0v) is 11.8. The smallest absolute Gasteiger partial charge is 0.227 e. The summed E-state index contributed by atoms with van der Waals surface area (Å²) in [7, 11) is 0. The Morgan fingerprint density at radius 3 is 2.56 bits per heavy atom. The number of amides is 1. The first kappa shape index (κ1) is 14.7. The summed E-state index contributed by atoms with van der Waals surface area (Å²) < 4.78 is 0. The van der Waals surface area contributed by atoms with Crippen molar-refractivity contribution >= 4 is 11.6 Å². The Balaban J connectivity index is 2.67. The van der Waals surface area contributed by atoms with Crippen molar-refractivity contribution in [1.82, 2.24) is 0 Å². The molecular formula is C16H25NO. The highest BCUT2D eigenvalue weighted by atomic mass is 16.1. The first-order chi connectivity index (χ1) is 8.72. The van der Waals surface area contributed by atoms with E-state index < -0.39 is 0 Å². The number of nitrogens with one attached hydrogen (secondary N) is 1. The fourth-order valence-corrected chi connectivity index (χ4v) is 2.16. The van der Waals surface area contributed by atoms with Crippen LogP contribution in [0.4, 0.5) is 5.69 Å². The van der Waals surface area contributed by atoms with Crippen LogP contribution in [0.25, 0.3) is 0 Å². The quantitative estimate of drug-likeness (QED) is 0.760. The van der Waals surface area contributed by atoms with Gasteiger partial charge in [0, 0.05) is 11.6 Å². The average molecular weight is 247 g/mol. The third-order valence-electron chi connectivity index (χ3n) is 3.43. The number of benzene rings is 1. The predicted octanol–water partition coefficient (Wildman–Crippen LogP) is 4.40. The molecule has 0 unspecified atom stereocenters. The molecule has 0 aromatic heterocycles. The molecule has 1 rings (SSSR count). The van der Waals surface area contributed by atoms with Crippen LogP contribution >= 0.6 is 0 Å². The van der Waals surface area contributed by atoms with Gasteiger partial charge in [-0.05, 0) is 30.9 Å². The predicted molar refractivity (Wildman–Crippen MR) is 77.8 cm³/mol. The molecule has 1 aromatic rings. The Hall–Kier alpha value is -1.31. The summed E-state index contributed by atoms with van der Waals surface area (Å²) >= 11 is 0. The van der Waals surface area contributed by atoms with Gasteiger partial charge in [0.05, 0.1) is 0 Å². The number of carbonyl (C=O) groups is 1. The lowest BCUT2D eigenvalue weighted by Gasteiger charge is -2.16. The zero-order valence-electron chi connectivity index (χ0n) is 11.8. The van der Waals surface area contributed by atoms with E-state index in [2.05, 4.69) is 32.2 Å². The van der Waals surface area contributed by atoms with Crippen LogP contribution in [-0.2, 0) is 11.2 Å². The maximum atomic E-state index is 12.2. The first-order valence-corrected chi connectivity index (χ1v) is 7.11. The molecule has 0 saturated carbocycles. The molecule has 1 atom stereocenters. The van der Waals surface area contributed by atoms with Crippen LogP contribution < -0.4 is 5.32 Å². The second-order valence-corrected chi connectivity index (χ2v) is 4.75. The van der Waals surface area contributed by atoms with Crippen molar-refractivity contribution in [2.24, 2.45) is 5.92 Å². The minimum absolute atomic E-state index is 0.148. The van der Waals surface area contributed by atoms with Gasteiger partial charge < -0.3 is 5.32 Å². The largest absolute Gasteiger partial charge is 0.326 e. The molecule has 1 aromatic carbocycles. The summed E-state index contributed by atoms with van der Waals surface area (Å²) in [6.45, 7) is 6.36. The van der Waals surface area contributed by atoms with Crippen LogP contribution in [0.1, 0.15) is 52.0 Å². The maximum Gasteiger partial charge on any atom is 0.227 e. The molecule has 1 N–H and O–H groups in total. The molecule has 0 aliphatic heterocycles. The molecule has 0 radical (unpaired) electrons. The second-order valence-electron chi connectivity index (χ2n) is 4.75. The molecule has 0 heterocycles. The number of aryl methyl sites for hydroxylation is 1. The van der Waals surface area contributed by atoms with Gasteiger partial charge in [0.2, 0.25) is 5.91 Å². The second kappa shape index (κ2) is 7.91. The van der Waals surface area contributed by atoms with Crippen LogP contribution in [0.2, 0.25) is 0 Å². The van der Waals surface area contributed by atoms with Crippen LogP contribution in [0.5, 0.6) is 0 Å². The minimum Gasteiger partial charge on any atom is -0.326 e. The van der Waals surface area contributed by atoms with E-state index >= 15 is 0 Å². The molecule has 100 valence electrons. The van der Waals surface area contributed by atoms with Gasteiger partial charge in [-0.15, -0.1) is 0 Å². The van der Waals surface area contributed by atoms with E-state index in [-0.39, 0.29) is 11.8 Å². The van der Waals surface area contributed by atoms with Crippen molar-refractivity contribution in [3.63, 3.8) is 0 Å². The van der Waals surface area contributed by atoms with Gasteiger partial charge >= 0.3 is 0 Å². The number of hydrogen-bond acceptors (Lipinski definition) is 1. The van der Waals surface area contributed by atoms with Crippen molar-refractivity contribution in [2.75, 3.05) is 5.32 Å². The Morgan fingerprint density at radius 2 is 1.94 bits per heavy atom. The van der Waals surface area contributed by atoms with E-state index in [0.29, 0.717) is 0 Å². The average Bonchev–Trinajstić information content (AvgIpc) is 2.40. The molecule has 0 fully saturated rings. The van der Waals surface area contributed by atoms with Gasteiger partial charge in [-0.1, -0.05) is 51.8 Å². The topological polar surface area (TPSA) is 29.1 Å². The number of rotatable bonds is 7. The van der Waals surface area contributed by atoms with E-state index in [1.807, 2.05) is 18.2 Å². The highest BCUT2D eigenvalue weighted by Gasteiger charge is 2.16. The molecule has 0 spiro atoms. The number of hydrogen-bond donors (Lipinski definition) is 1. The maximum absolute atomic E-state index is 12.2. The monoisotopic (exact) mass is 247 g/mol. The third-order valence-corrected chi connectivity index (χ3v) is 3.43. The van der Waals surface area contributed by atoms with Gasteiger partial charge in [-0.2, -0.15) is 0 Å². The highest BCUT2D eigenvalue weighted by Crippen LogP contribution is 2.19. The SMILES string of the molecule is CCCC[C@@H](CC)C(=O)Nc1ccccc1CC. The molecule has 0 aliphatic carbocycles. The van der Waals surface area contributed by atoms with Gasteiger partial charge in [-0.3, -0.25) is 4.79 Å². The summed E-state index contributed by atoms with van der Waals surface area (Å²) in [5, 5.41) is 3.08. The summed E-state index contributed by atoms with van der Waals surface area (Å²) in [4.78, 5) is 12.2. The Bertz CT molecular complexity index is 373. The van der Waals surface area contributed by atoms with Gasteiger partial charge in [0.1, 0.15) is 0 Å². The zero-order chi connectivity index (χ0) is 13.4. The number of para-hydroxylation sites is 1. The van der Waals surface area contributed by atoms with Crippen molar-refractivity contribution in [2.45, 2.75) is 52.9 Å². The lowest BCUT2D eigenvalue weighted by Crippen LogP contribution is -2.22. The number of carbonyl (C=O) groups excluding carboxylic acids is 1. The van der Waals surface area contributed by atoms with Crippen LogP contribution in [0.15, 0.2) is 24.3 Å². The standard InChI is InChI=1S/C16H25NO/c1-4-7-10-14(6-3)16(18)17-15-12-9-8-11-13(15)5-2/h8-9,11-12,14H,4-7,10H2,1-3H3,(H,17,18)/t14-/m1/s1. The van der Waals surface area contributed by atoms with Crippen molar-refractivity contribution in [3.8, 4) is 0 Å². The molecule has 2 heteroatoms. The summed E-state index contributed by atoms with van der Waals surface area (Å²) in [6.07, 6.45) is 5.13. The third kappa shape index (κ3) is 4.17. The lowest BCUT2D eigenvalue weighted by molar-refractivity contribution is -0.120. The number of anilines is 1.